The number of rotatable bonds is 5. The van der Waals surface area contributed by atoms with Crippen LogP contribution in [0.25, 0.3) is 5.69 Å². The fourth-order valence-electron chi connectivity index (χ4n) is 3.77. The Labute approximate surface area is 203 Å². The average Bonchev–Trinajstić information content (AvgIpc) is 3.27. The van der Waals surface area contributed by atoms with E-state index in [9.17, 15) is 23.9 Å². The van der Waals surface area contributed by atoms with Crippen LogP contribution in [-0.2, 0) is 9.53 Å². The highest BCUT2D eigenvalue weighted by atomic mass is 35.5. The Morgan fingerprint density at radius 1 is 1.20 bits per heavy atom. The number of aromatic hydroxyl groups is 1. The van der Waals surface area contributed by atoms with Crippen LogP contribution in [-0.4, -0.2) is 57.3 Å². The first-order chi connectivity index (χ1) is 16.8. The first-order valence-corrected chi connectivity index (χ1v) is 10.9. The van der Waals surface area contributed by atoms with Crippen LogP contribution in [0.2, 0.25) is 5.02 Å². The number of benzene rings is 1. The lowest BCUT2D eigenvalue weighted by molar-refractivity contribution is -0.119. The maximum atomic E-state index is 14.8. The molecule has 0 radical (unpaired) electrons. The zero-order valence-corrected chi connectivity index (χ0v) is 19.2. The Morgan fingerprint density at radius 2 is 2.00 bits per heavy atom. The fraction of sp³-hybridized carbons (Fsp3) is 0.217. The van der Waals surface area contributed by atoms with E-state index in [4.69, 9.17) is 16.3 Å². The number of anilines is 2. The van der Waals surface area contributed by atoms with Crippen molar-refractivity contribution in [1.82, 2.24) is 14.5 Å². The number of likely N-dealkylation sites (tertiary alicyclic amines) is 1. The van der Waals surface area contributed by atoms with Gasteiger partial charge in [0.15, 0.2) is 5.88 Å². The molecule has 12 heteroatoms. The Hall–Kier alpha value is -3.96. The molecule has 2 atom stereocenters. The SMILES string of the molecule is CO[C@@H]1C[C@H](C(=O)Nc2ccc(-n3c(O)cccc3=O)cc2F)N(C(=O)Nc2ccc(Cl)cn2)C1. The van der Waals surface area contributed by atoms with Gasteiger partial charge in [-0.2, -0.15) is 0 Å². The second-order valence-corrected chi connectivity index (χ2v) is 8.20. The predicted molar refractivity (Wildman–Crippen MR) is 126 cm³/mol. The number of aromatic nitrogens is 2. The van der Waals surface area contributed by atoms with Gasteiger partial charge in [-0.25, -0.2) is 18.7 Å². The van der Waals surface area contributed by atoms with Crippen molar-refractivity contribution >= 4 is 35.0 Å². The van der Waals surface area contributed by atoms with Gasteiger partial charge < -0.3 is 20.1 Å². The lowest BCUT2D eigenvalue weighted by Gasteiger charge is -2.24. The summed E-state index contributed by atoms with van der Waals surface area (Å²) in [5.41, 5.74) is -0.613. The number of methoxy groups -OCH3 is 1. The number of urea groups is 1. The van der Waals surface area contributed by atoms with Crippen molar-refractivity contribution < 1.29 is 23.8 Å². The molecule has 1 saturated heterocycles. The van der Waals surface area contributed by atoms with Crippen LogP contribution < -0.4 is 16.2 Å². The van der Waals surface area contributed by atoms with Crippen molar-refractivity contribution in [2.45, 2.75) is 18.6 Å². The molecule has 1 fully saturated rings. The maximum Gasteiger partial charge on any atom is 0.323 e. The Morgan fingerprint density at radius 3 is 2.66 bits per heavy atom. The summed E-state index contributed by atoms with van der Waals surface area (Å²) in [4.78, 5) is 43.2. The molecule has 182 valence electrons. The van der Waals surface area contributed by atoms with Crippen LogP contribution >= 0.6 is 11.6 Å². The monoisotopic (exact) mass is 501 g/mol. The molecule has 2 aromatic heterocycles. The fourth-order valence-corrected chi connectivity index (χ4v) is 3.88. The van der Waals surface area contributed by atoms with Crippen molar-refractivity contribution in [1.29, 1.82) is 0 Å². The van der Waals surface area contributed by atoms with E-state index in [2.05, 4.69) is 15.6 Å². The van der Waals surface area contributed by atoms with Crippen LogP contribution in [0, 0.1) is 5.82 Å². The minimum absolute atomic E-state index is 0.0837. The molecule has 3 amide bonds. The van der Waals surface area contributed by atoms with Crippen molar-refractivity contribution in [2.24, 2.45) is 0 Å². The number of carbonyl (C=O) groups is 2. The third kappa shape index (κ3) is 5.26. The molecule has 3 aromatic rings. The van der Waals surface area contributed by atoms with Crippen molar-refractivity contribution in [3.8, 4) is 11.6 Å². The molecule has 0 unspecified atom stereocenters. The van der Waals surface area contributed by atoms with Gasteiger partial charge in [-0.1, -0.05) is 17.7 Å². The number of hydrogen-bond donors (Lipinski definition) is 3. The van der Waals surface area contributed by atoms with Crippen LogP contribution in [0.1, 0.15) is 6.42 Å². The summed E-state index contributed by atoms with van der Waals surface area (Å²) in [5.74, 6) is -1.55. The highest BCUT2D eigenvalue weighted by molar-refractivity contribution is 6.30. The third-order valence-corrected chi connectivity index (χ3v) is 5.75. The molecular weight excluding hydrogens is 481 g/mol. The topological polar surface area (TPSA) is 126 Å². The summed E-state index contributed by atoms with van der Waals surface area (Å²) in [6, 6.07) is 9.12. The van der Waals surface area contributed by atoms with Gasteiger partial charge in [-0.05, 0) is 30.3 Å². The van der Waals surface area contributed by atoms with Crippen molar-refractivity contribution in [3.63, 3.8) is 0 Å². The molecule has 0 aliphatic carbocycles. The number of nitrogens with zero attached hydrogens (tertiary/aromatic N) is 3. The summed E-state index contributed by atoms with van der Waals surface area (Å²) in [6.07, 6.45) is 1.19. The van der Waals surface area contributed by atoms with E-state index >= 15 is 0 Å². The van der Waals surface area contributed by atoms with Gasteiger partial charge in [0.25, 0.3) is 5.56 Å². The average molecular weight is 502 g/mol. The van der Waals surface area contributed by atoms with Gasteiger partial charge in [-0.3, -0.25) is 14.9 Å². The van der Waals surface area contributed by atoms with E-state index < -0.39 is 35.5 Å². The molecule has 3 heterocycles. The van der Waals surface area contributed by atoms with Crippen LogP contribution in [0.5, 0.6) is 5.88 Å². The molecule has 1 aliphatic heterocycles. The van der Waals surface area contributed by atoms with E-state index in [1.807, 2.05) is 0 Å². The van der Waals surface area contributed by atoms with E-state index in [1.165, 1.54) is 54.6 Å². The molecule has 0 bridgehead atoms. The molecule has 10 nitrogen and oxygen atoms in total. The van der Waals surface area contributed by atoms with Gasteiger partial charge in [0.1, 0.15) is 17.7 Å². The molecule has 4 rings (SSSR count). The van der Waals surface area contributed by atoms with Gasteiger partial charge >= 0.3 is 6.03 Å². The second-order valence-electron chi connectivity index (χ2n) is 7.76. The Kier molecular flexibility index (Phi) is 6.99. The van der Waals surface area contributed by atoms with Crippen LogP contribution in [0.15, 0.2) is 59.5 Å². The molecule has 1 aromatic carbocycles. The lowest BCUT2D eigenvalue weighted by Crippen LogP contribution is -2.45. The highest BCUT2D eigenvalue weighted by Crippen LogP contribution is 2.25. The van der Waals surface area contributed by atoms with E-state index in [0.29, 0.717) is 5.02 Å². The Balaban J connectivity index is 1.51. The minimum atomic E-state index is -0.938. The first-order valence-electron chi connectivity index (χ1n) is 10.5. The normalized spacial score (nSPS) is 17.3. The standard InChI is InChI=1S/C23H21ClFN5O5/c1-35-15-10-18(29(12-15)23(34)28-19-8-5-13(24)11-26-19)22(33)27-17-7-6-14(9-16(17)25)30-20(31)3-2-4-21(30)32/h2-9,11,15,18,31H,10,12H2,1H3,(H,27,33)(H,26,28,34)/t15-,18-/m1/s1. The third-order valence-electron chi connectivity index (χ3n) is 5.52. The zero-order valence-electron chi connectivity index (χ0n) is 18.4. The summed E-state index contributed by atoms with van der Waals surface area (Å²) >= 11 is 5.81. The molecule has 3 N–H and O–H groups in total. The van der Waals surface area contributed by atoms with Gasteiger partial charge in [0.05, 0.1) is 22.5 Å². The Bertz CT molecular complexity index is 1320. The number of halogens is 2. The number of carbonyl (C=O) groups excluding carboxylic acids is 2. The number of amides is 3. The molecule has 0 saturated carbocycles. The number of pyridine rings is 2. The van der Waals surface area contributed by atoms with E-state index in [0.717, 1.165) is 10.6 Å². The van der Waals surface area contributed by atoms with Crippen LogP contribution in [0.4, 0.5) is 20.7 Å². The number of hydrogen-bond acceptors (Lipinski definition) is 6. The molecular formula is C23H21ClFN5O5. The zero-order chi connectivity index (χ0) is 25.1. The largest absolute Gasteiger partial charge is 0.494 e. The lowest BCUT2D eigenvalue weighted by atomic mass is 10.1. The smallest absolute Gasteiger partial charge is 0.323 e. The molecule has 0 spiro atoms. The van der Waals surface area contributed by atoms with E-state index in [1.54, 1.807) is 6.07 Å². The number of nitrogens with one attached hydrogen (secondary N) is 2. The van der Waals surface area contributed by atoms with E-state index in [-0.39, 0.29) is 36.0 Å². The summed E-state index contributed by atoms with van der Waals surface area (Å²) in [6.45, 7) is 0.144. The maximum absolute atomic E-state index is 14.8. The molecule has 35 heavy (non-hydrogen) atoms. The van der Waals surface area contributed by atoms with Gasteiger partial charge in [-0.15, -0.1) is 0 Å². The summed E-state index contributed by atoms with van der Waals surface area (Å²) in [7, 11) is 1.47. The quantitative estimate of drug-likeness (QED) is 0.493. The predicted octanol–water partition coefficient (Wildman–Crippen LogP) is 2.99. The van der Waals surface area contributed by atoms with Gasteiger partial charge in [0, 0.05) is 38.4 Å². The summed E-state index contributed by atoms with van der Waals surface area (Å²) in [5, 5.41) is 15.4. The second kappa shape index (κ2) is 10.1. The summed E-state index contributed by atoms with van der Waals surface area (Å²) < 4.78 is 21.1. The van der Waals surface area contributed by atoms with Crippen molar-refractivity contribution in [2.75, 3.05) is 24.3 Å². The highest BCUT2D eigenvalue weighted by Gasteiger charge is 2.40. The van der Waals surface area contributed by atoms with Gasteiger partial charge in [0.2, 0.25) is 5.91 Å². The van der Waals surface area contributed by atoms with Crippen molar-refractivity contribution in [3.05, 3.63) is 75.9 Å². The van der Waals surface area contributed by atoms with Crippen LogP contribution in [0.3, 0.4) is 0 Å². The first kappa shape index (κ1) is 24.2. The molecule has 1 aliphatic rings. The number of ether oxygens (including phenoxy) is 1. The minimum Gasteiger partial charge on any atom is -0.494 e.